The molecule has 174 valence electrons. The number of aromatic nitrogens is 2. The number of amides is 1. The summed E-state index contributed by atoms with van der Waals surface area (Å²) in [7, 11) is -2.32. The Labute approximate surface area is 194 Å². The van der Waals surface area contributed by atoms with E-state index in [-0.39, 0.29) is 10.6 Å². The van der Waals surface area contributed by atoms with Crippen molar-refractivity contribution in [2.75, 3.05) is 36.4 Å². The standard InChI is InChI=1S/C24H29N5O3S/c1-17-7-5-9-20(15-17)25-23(30)21-16-27(4)26-24(21)33(31,32)29-13-11-28(12-14-29)22-10-6-8-18(2)19(22)3/h5-10,15-16H,11-14H2,1-4H3,(H,25,30). The van der Waals surface area contributed by atoms with Crippen LogP contribution >= 0.6 is 0 Å². The fraction of sp³-hybridized carbons (Fsp3) is 0.333. The minimum atomic E-state index is -3.93. The van der Waals surface area contributed by atoms with Crippen LogP contribution in [-0.2, 0) is 17.1 Å². The van der Waals surface area contributed by atoms with Crippen LogP contribution in [0, 0.1) is 20.8 Å². The van der Waals surface area contributed by atoms with Crippen molar-refractivity contribution in [1.82, 2.24) is 14.1 Å². The van der Waals surface area contributed by atoms with Crippen LogP contribution < -0.4 is 10.2 Å². The predicted molar refractivity (Wildman–Crippen MR) is 129 cm³/mol. The van der Waals surface area contributed by atoms with Gasteiger partial charge in [0.15, 0.2) is 0 Å². The molecule has 1 aliphatic heterocycles. The molecule has 0 bridgehead atoms. The minimum absolute atomic E-state index is 0.0379. The van der Waals surface area contributed by atoms with E-state index in [1.165, 1.54) is 26.3 Å². The first-order valence-electron chi connectivity index (χ1n) is 10.9. The zero-order valence-electron chi connectivity index (χ0n) is 19.4. The Kier molecular flexibility index (Phi) is 6.27. The number of nitrogens with one attached hydrogen (secondary N) is 1. The van der Waals surface area contributed by atoms with Gasteiger partial charge in [-0.15, -0.1) is 0 Å². The Morgan fingerprint density at radius 3 is 2.39 bits per heavy atom. The number of hydrogen-bond acceptors (Lipinski definition) is 5. The van der Waals surface area contributed by atoms with Gasteiger partial charge in [-0.3, -0.25) is 9.48 Å². The van der Waals surface area contributed by atoms with Gasteiger partial charge in [0.2, 0.25) is 5.03 Å². The van der Waals surface area contributed by atoms with E-state index < -0.39 is 15.9 Å². The molecule has 2 heterocycles. The molecule has 0 saturated carbocycles. The number of rotatable bonds is 5. The largest absolute Gasteiger partial charge is 0.369 e. The van der Waals surface area contributed by atoms with E-state index in [9.17, 15) is 13.2 Å². The molecule has 0 radical (unpaired) electrons. The molecule has 3 aromatic rings. The molecule has 0 atom stereocenters. The third-order valence-corrected chi connectivity index (χ3v) is 7.89. The van der Waals surface area contributed by atoms with Crippen molar-refractivity contribution in [2.24, 2.45) is 7.05 Å². The molecule has 0 spiro atoms. The number of sulfonamides is 1. The Morgan fingerprint density at radius 2 is 1.70 bits per heavy atom. The second kappa shape index (κ2) is 8.99. The second-order valence-corrected chi connectivity index (χ2v) is 10.3. The van der Waals surface area contributed by atoms with Crippen molar-refractivity contribution < 1.29 is 13.2 Å². The Hall–Kier alpha value is -3.17. The molecular formula is C24H29N5O3S. The molecule has 2 aromatic carbocycles. The maximum absolute atomic E-state index is 13.4. The van der Waals surface area contributed by atoms with Gasteiger partial charge in [0.05, 0.1) is 5.56 Å². The zero-order valence-corrected chi connectivity index (χ0v) is 20.2. The highest BCUT2D eigenvalue weighted by molar-refractivity contribution is 7.89. The van der Waals surface area contributed by atoms with Crippen molar-refractivity contribution >= 4 is 27.3 Å². The predicted octanol–water partition coefficient (Wildman–Crippen LogP) is 3.11. The first-order valence-corrected chi connectivity index (χ1v) is 12.3. The number of benzene rings is 2. The molecule has 1 aliphatic rings. The number of carbonyl (C=O) groups is 1. The van der Waals surface area contributed by atoms with E-state index in [0.717, 1.165) is 11.3 Å². The summed E-state index contributed by atoms with van der Waals surface area (Å²) in [6, 6.07) is 13.5. The van der Waals surface area contributed by atoms with Crippen LogP contribution in [0.15, 0.2) is 53.7 Å². The quantitative estimate of drug-likeness (QED) is 0.623. The topological polar surface area (TPSA) is 87.5 Å². The lowest BCUT2D eigenvalue weighted by atomic mass is 10.1. The Morgan fingerprint density at radius 1 is 1.00 bits per heavy atom. The van der Waals surface area contributed by atoms with Crippen LogP contribution in [0.25, 0.3) is 0 Å². The first-order chi connectivity index (χ1) is 15.7. The third-order valence-electron chi connectivity index (χ3n) is 6.06. The molecular weight excluding hydrogens is 438 g/mol. The van der Waals surface area contributed by atoms with Crippen LogP contribution in [0.2, 0.25) is 0 Å². The highest BCUT2D eigenvalue weighted by Gasteiger charge is 2.34. The lowest BCUT2D eigenvalue weighted by molar-refractivity contribution is 0.102. The van der Waals surface area contributed by atoms with Gasteiger partial charge >= 0.3 is 0 Å². The number of piperazine rings is 1. The smallest absolute Gasteiger partial charge is 0.263 e. The molecule has 4 rings (SSSR count). The van der Waals surface area contributed by atoms with Gasteiger partial charge < -0.3 is 10.2 Å². The van der Waals surface area contributed by atoms with Gasteiger partial charge in [-0.05, 0) is 55.7 Å². The summed E-state index contributed by atoms with van der Waals surface area (Å²) < 4.78 is 29.7. The summed E-state index contributed by atoms with van der Waals surface area (Å²) >= 11 is 0. The molecule has 0 unspecified atom stereocenters. The van der Waals surface area contributed by atoms with Gasteiger partial charge in [0.1, 0.15) is 0 Å². The summed E-state index contributed by atoms with van der Waals surface area (Å²) in [6.07, 6.45) is 1.45. The third kappa shape index (κ3) is 4.65. The highest BCUT2D eigenvalue weighted by atomic mass is 32.2. The molecule has 1 N–H and O–H groups in total. The molecule has 1 aromatic heterocycles. The van der Waals surface area contributed by atoms with Gasteiger partial charge in [0.25, 0.3) is 15.9 Å². The monoisotopic (exact) mass is 467 g/mol. The maximum atomic E-state index is 13.4. The van der Waals surface area contributed by atoms with Gasteiger partial charge in [-0.25, -0.2) is 8.42 Å². The average molecular weight is 468 g/mol. The summed E-state index contributed by atoms with van der Waals surface area (Å²) in [5.74, 6) is -0.499. The van der Waals surface area contributed by atoms with Crippen LogP contribution in [0.3, 0.4) is 0 Å². The number of carbonyl (C=O) groups excluding carboxylic acids is 1. The fourth-order valence-electron chi connectivity index (χ4n) is 4.11. The molecule has 33 heavy (non-hydrogen) atoms. The highest BCUT2D eigenvalue weighted by Crippen LogP contribution is 2.26. The fourth-order valence-corrected chi connectivity index (χ4v) is 5.65. The van der Waals surface area contributed by atoms with Gasteiger partial charge in [-0.2, -0.15) is 9.40 Å². The van der Waals surface area contributed by atoms with Crippen molar-refractivity contribution in [2.45, 2.75) is 25.8 Å². The van der Waals surface area contributed by atoms with Crippen molar-refractivity contribution in [3.05, 3.63) is 70.9 Å². The van der Waals surface area contributed by atoms with E-state index in [4.69, 9.17) is 0 Å². The Balaban J connectivity index is 1.53. The number of aryl methyl sites for hydroxylation is 3. The zero-order chi connectivity index (χ0) is 23.8. The van der Waals surface area contributed by atoms with E-state index in [1.54, 1.807) is 13.1 Å². The summed E-state index contributed by atoms with van der Waals surface area (Å²) in [6.45, 7) is 7.87. The molecule has 9 heteroatoms. The lowest BCUT2D eigenvalue weighted by Gasteiger charge is -2.36. The molecule has 1 amide bonds. The lowest BCUT2D eigenvalue weighted by Crippen LogP contribution is -2.49. The Bertz CT molecular complexity index is 1290. The number of nitrogens with zero attached hydrogens (tertiary/aromatic N) is 4. The van der Waals surface area contributed by atoms with Crippen molar-refractivity contribution in [3.8, 4) is 0 Å². The normalized spacial score (nSPS) is 15.0. The molecule has 0 aliphatic carbocycles. The second-order valence-electron chi connectivity index (χ2n) is 8.46. The van der Waals surface area contributed by atoms with Crippen LogP contribution in [0.5, 0.6) is 0 Å². The summed E-state index contributed by atoms with van der Waals surface area (Å²) in [5.41, 5.74) is 5.18. The van der Waals surface area contributed by atoms with Gasteiger partial charge in [0, 0.05) is 50.8 Å². The maximum Gasteiger partial charge on any atom is 0.263 e. The van der Waals surface area contributed by atoms with Crippen molar-refractivity contribution in [1.29, 1.82) is 0 Å². The van der Waals surface area contributed by atoms with Crippen LogP contribution in [-0.4, -0.2) is 54.6 Å². The molecule has 8 nitrogen and oxygen atoms in total. The SMILES string of the molecule is Cc1cccc(NC(=O)c2cn(C)nc2S(=O)(=O)N2CCN(c3cccc(C)c3C)CC2)c1. The molecule has 1 fully saturated rings. The van der Waals surface area contributed by atoms with Crippen LogP contribution in [0.4, 0.5) is 11.4 Å². The van der Waals surface area contributed by atoms with E-state index in [0.29, 0.717) is 31.9 Å². The average Bonchev–Trinajstić information content (AvgIpc) is 3.19. The van der Waals surface area contributed by atoms with E-state index in [1.807, 2.05) is 31.2 Å². The van der Waals surface area contributed by atoms with E-state index in [2.05, 4.69) is 41.3 Å². The van der Waals surface area contributed by atoms with Crippen LogP contribution in [0.1, 0.15) is 27.0 Å². The summed E-state index contributed by atoms with van der Waals surface area (Å²) in [5, 5.41) is 6.73. The van der Waals surface area contributed by atoms with E-state index >= 15 is 0 Å². The minimum Gasteiger partial charge on any atom is -0.369 e. The first kappa shape index (κ1) is 23.0. The van der Waals surface area contributed by atoms with Gasteiger partial charge in [-0.1, -0.05) is 24.3 Å². The number of hydrogen-bond donors (Lipinski definition) is 1. The molecule has 1 saturated heterocycles. The number of anilines is 2. The van der Waals surface area contributed by atoms with Crippen molar-refractivity contribution in [3.63, 3.8) is 0 Å². The summed E-state index contributed by atoms with van der Waals surface area (Å²) in [4.78, 5) is 15.1.